The number of hydrogen-bond donors (Lipinski definition) is 0. The maximum atomic E-state index is 12.6. The first-order valence-corrected chi connectivity index (χ1v) is 8.86. The molecule has 2 aromatic heterocycles. The molecule has 0 aromatic carbocycles. The van der Waals surface area contributed by atoms with Crippen molar-refractivity contribution in [2.75, 3.05) is 6.54 Å². The van der Waals surface area contributed by atoms with Crippen molar-refractivity contribution in [3.8, 4) is 9.88 Å². The Morgan fingerprint density at radius 3 is 2.85 bits per heavy atom. The number of thiazole rings is 1. The van der Waals surface area contributed by atoms with Crippen molar-refractivity contribution in [2.45, 2.75) is 38.6 Å². The Hall–Kier alpha value is -1.20. The van der Waals surface area contributed by atoms with Crippen molar-refractivity contribution >= 4 is 28.6 Å². The number of amides is 1. The van der Waals surface area contributed by atoms with Crippen molar-refractivity contribution in [3.05, 3.63) is 28.6 Å². The number of hydrogen-bond acceptors (Lipinski definition) is 4. The maximum absolute atomic E-state index is 12.6. The number of carbonyl (C=O) groups is 1. The zero-order valence-electron chi connectivity index (χ0n) is 11.5. The van der Waals surface area contributed by atoms with Gasteiger partial charge < -0.3 is 4.90 Å². The van der Waals surface area contributed by atoms with Gasteiger partial charge in [-0.15, -0.1) is 22.7 Å². The predicted octanol–water partition coefficient (Wildman–Crippen LogP) is 4.28. The van der Waals surface area contributed by atoms with Crippen molar-refractivity contribution in [1.29, 1.82) is 0 Å². The minimum atomic E-state index is 0.0958. The van der Waals surface area contributed by atoms with E-state index >= 15 is 0 Å². The quantitative estimate of drug-likeness (QED) is 0.845. The highest BCUT2D eigenvalue weighted by Gasteiger charge is 2.27. The standard InChI is InChI=1S/C15H18N2OS2/c1-2-17(11-6-3-4-7-11)15(18)12-10-20-14(16-12)13-8-5-9-19-13/h5,8-11H,2-4,6-7H2,1H3. The smallest absolute Gasteiger partial charge is 0.273 e. The first-order valence-electron chi connectivity index (χ1n) is 7.10. The molecule has 2 aromatic rings. The van der Waals surface area contributed by atoms with Gasteiger partial charge in [-0.05, 0) is 31.2 Å². The third kappa shape index (κ3) is 2.65. The lowest BCUT2D eigenvalue weighted by Crippen LogP contribution is -2.38. The first-order chi connectivity index (χ1) is 9.79. The molecule has 0 saturated heterocycles. The summed E-state index contributed by atoms with van der Waals surface area (Å²) >= 11 is 3.22. The van der Waals surface area contributed by atoms with E-state index in [4.69, 9.17) is 0 Å². The van der Waals surface area contributed by atoms with Crippen LogP contribution in [0.3, 0.4) is 0 Å². The van der Waals surface area contributed by atoms with Crippen molar-refractivity contribution in [1.82, 2.24) is 9.88 Å². The van der Waals surface area contributed by atoms with Gasteiger partial charge in [-0.1, -0.05) is 18.9 Å². The van der Waals surface area contributed by atoms with Crippen molar-refractivity contribution < 1.29 is 4.79 Å². The van der Waals surface area contributed by atoms with Crippen LogP contribution in [-0.4, -0.2) is 28.4 Å². The lowest BCUT2D eigenvalue weighted by Gasteiger charge is -2.26. The number of nitrogens with zero attached hydrogens (tertiary/aromatic N) is 2. The molecule has 0 bridgehead atoms. The maximum Gasteiger partial charge on any atom is 0.273 e. The molecule has 0 aliphatic heterocycles. The SMILES string of the molecule is CCN(C(=O)c1csc(-c2cccs2)n1)C1CCCC1. The number of rotatable bonds is 4. The van der Waals surface area contributed by atoms with Gasteiger partial charge in [0.15, 0.2) is 0 Å². The van der Waals surface area contributed by atoms with Crippen LogP contribution in [0.15, 0.2) is 22.9 Å². The minimum Gasteiger partial charge on any atom is -0.335 e. The molecule has 3 nitrogen and oxygen atoms in total. The monoisotopic (exact) mass is 306 g/mol. The van der Waals surface area contributed by atoms with Gasteiger partial charge in [0.05, 0.1) is 4.88 Å². The molecule has 5 heteroatoms. The Bertz CT molecular complexity index is 570. The van der Waals surface area contributed by atoms with E-state index < -0.39 is 0 Å². The van der Waals surface area contributed by atoms with Crippen LogP contribution in [0.1, 0.15) is 43.1 Å². The Morgan fingerprint density at radius 2 is 2.20 bits per heavy atom. The van der Waals surface area contributed by atoms with Crippen molar-refractivity contribution in [3.63, 3.8) is 0 Å². The summed E-state index contributed by atoms with van der Waals surface area (Å²) in [5.41, 5.74) is 0.604. The van der Waals surface area contributed by atoms with E-state index in [-0.39, 0.29) is 5.91 Å². The lowest BCUT2D eigenvalue weighted by molar-refractivity contribution is 0.0688. The average molecular weight is 306 g/mol. The molecule has 1 aliphatic carbocycles. The van der Waals surface area contributed by atoms with Gasteiger partial charge in [-0.25, -0.2) is 4.98 Å². The Labute approximate surface area is 127 Å². The molecule has 20 heavy (non-hydrogen) atoms. The van der Waals surface area contributed by atoms with E-state index in [2.05, 4.69) is 11.9 Å². The van der Waals surface area contributed by atoms with Gasteiger partial charge in [0.25, 0.3) is 5.91 Å². The van der Waals surface area contributed by atoms with Crippen LogP contribution >= 0.6 is 22.7 Å². The molecule has 0 N–H and O–H groups in total. The van der Waals surface area contributed by atoms with Crippen LogP contribution in [0, 0.1) is 0 Å². The van der Waals surface area contributed by atoms with E-state index in [0.29, 0.717) is 11.7 Å². The Morgan fingerprint density at radius 1 is 1.40 bits per heavy atom. The normalized spacial score (nSPS) is 15.7. The molecule has 3 rings (SSSR count). The summed E-state index contributed by atoms with van der Waals surface area (Å²) in [5.74, 6) is 0.0958. The average Bonchev–Trinajstić information content (AvgIpc) is 3.20. The molecular formula is C15H18N2OS2. The number of thiophene rings is 1. The fraction of sp³-hybridized carbons (Fsp3) is 0.467. The van der Waals surface area contributed by atoms with Crippen LogP contribution in [0.2, 0.25) is 0 Å². The van der Waals surface area contributed by atoms with Crippen LogP contribution in [-0.2, 0) is 0 Å². The highest BCUT2D eigenvalue weighted by atomic mass is 32.1. The molecule has 1 amide bonds. The zero-order chi connectivity index (χ0) is 13.9. The molecule has 1 aliphatic rings. The fourth-order valence-corrected chi connectivity index (χ4v) is 4.42. The molecule has 0 atom stereocenters. The zero-order valence-corrected chi connectivity index (χ0v) is 13.2. The molecule has 1 saturated carbocycles. The second kappa shape index (κ2) is 6.06. The van der Waals surface area contributed by atoms with Crippen LogP contribution in [0.25, 0.3) is 9.88 Å². The molecular weight excluding hydrogens is 288 g/mol. The van der Waals surface area contributed by atoms with Gasteiger partial charge in [-0.3, -0.25) is 4.79 Å². The summed E-state index contributed by atoms with van der Waals surface area (Å²) in [4.78, 5) is 20.3. The summed E-state index contributed by atoms with van der Waals surface area (Å²) in [7, 11) is 0. The molecule has 1 fully saturated rings. The molecule has 0 unspecified atom stereocenters. The summed E-state index contributed by atoms with van der Waals surface area (Å²) in [5, 5.41) is 4.88. The van der Waals surface area contributed by atoms with E-state index in [1.807, 2.05) is 27.8 Å². The van der Waals surface area contributed by atoms with E-state index in [1.54, 1.807) is 22.7 Å². The van der Waals surface area contributed by atoms with Crippen LogP contribution < -0.4 is 0 Å². The van der Waals surface area contributed by atoms with E-state index in [0.717, 1.165) is 29.3 Å². The predicted molar refractivity (Wildman–Crippen MR) is 84.4 cm³/mol. The molecule has 0 spiro atoms. The summed E-state index contributed by atoms with van der Waals surface area (Å²) < 4.78 is 0. The highest BCUT2D eigenvalue weighted by molar-refractivity contribution is 7.20. The summed E-state index contributed by atoms with van der Waals surface area (Å²) in [6, 6.07) is 4.48. The Kier molecular flexibility index (Phi) is 4.17. The second-order valence-electron chi connectivity index (χ2n) is 5.04. The third-order valence-corrected chi connectivity index (χ3v) is 5.70. The van der Waals surface area contributed by atoms with Gasteiger partial charge in [0, 0.05) is 18.0 Å². The second-order valence-corrected chi connectivity index (χ2v) is 6.85. The van der Waals surface area contributed by atoms with E-state index in [9.17, 15) is 4.79 Å². The Balaban J connectivity index is 1.79. The topological polar surface area (TPSA) is 33.2 Å². The first kappa shape index (κ1) is 13.8. The van der Waals surface area contributed by atoms with Gasteiger partial charge in [0.2, 0.25) is 0 Å². The van der Waals surface area contributed by atoms with E-state index in [1.165, 1.54) is 12.8 Å². The van der Waals surface area contributed by atoms with Crippen molar-refractivity contribution in [2.24, 2.45) is 0 Å². The fourth-order valence-electron chi connectivity index (χ4n) is 2.82. The largest absolute Gasteiger partial charge is 0.335 e. The summed E-state index contributed by atoms with van der Waals surface area (Å²) in [6.45, 7) is 2.83. The number of aromatic nitrogens is 1. The van der Waals surface area contributed by atoms with Crippen LogP contribution in [0.5, 0.6) is 0 Å². The molecule has 106 valence electrons. The number of carbonyl (C=O) groups excluding carboxylic acids is 1. The van der Waals surface area contributed by atoms with Gasteiger partial charge >= 0.3 is 0 Å². The molecule has 0 radical (unpaired) electrons. The minimum absolute atomic E-state index is 0.0958. The highest BCUT2D eigenvalue weighted by Crippen LogP contribution is 2.29. The summed E-state index contributed by atoms with van der Waals surface area (Å²) in [6.07, 6.45) is 4.76. The third-order valence-electron chi connectivity index (χ3n) is 3.82. The lowest BCUT2D eigenvalue weighted by atomic mass is 10.2. The molecule has 2 heterocycles. The van der Waals surface area contributed by atoms with Crippen LogP contribution in [0.4, 0.5) is 0 Å². The van der Waals surface area contributed by atoms with Gasteiger partial charge in [-0.2, -0.15) is 0 Å². The van der Waals surface area contributed by atoms with Gasteiger partial charge in [0.1, 0.15) is 10.7 Å².